The molecule has 5 nitrogen and oxygen atoms in total. The fraction of sp³-hybridized carbons (Fsp3) is 1.00. The Hall–Kier alpha value is -0.170. The van der Waals surface area contributed by atoms with Gasteiger partial charge in [-0.2, -0.15) is 0 Å². The highest BCUT2D eigenvalue weighted by Gasteiger charge is 2.27. The molecule has 2 unspecified atom stereocenters. The van der Waals surface area contributed by atoms with Gasteiger partial charge in [-0.3, -0.25) is 4.90 Å². The Morgan fingerprint density at radius 3 is 2.72 bits per heavy atom. The molecule has 0 aliphatic carbocycles. The molecule has 2 atom stereocenters. The average Bonchev–Trinajstić information content (AvgIpc) is 2.68. The Labute approximate surface area is 110 Å². The average molecular weight is 276 g/mol. The van der Waals surface area contributed by atoms with E-state index in [9.17, 15) is 8.42 Å². The minimum atomic E-state index is -2.74. The third-order valence-corrected chi connectivity index (χ3v) is 5.55. The molecule has 6 heteroatoms. The van der Waals surface area contributed by atoms with Crippen molar-refractivity contribution >= 4 is 9.84 Å². The van der Waals surface area contributed by atoms with Gasteiger partial charge < -0.3 is 10.1 Å². The first-order chi connectivity index (χ1) is 8.55. The maximum absolute atomic E-state index is 11.4. The number of morpholine rings is 1. The van der Waals surface area contributed by atoms with Crippen LogP contribution in [0, 0.1) is 5.92 Å². The van der Waals surface area contributed by atoms with Crippen molar-refractivity contribution in [2.24, 2.45) is 5.92 Å². The van der Waals surface area contributed by atoms with Gasteiger partial charge in [-0.15, -0.1) is 0 Å². The minimum absolute atomic E-state index is 0.308. The molecule has 2 rings (SSSR count). The van der Waals surface area contributed by atoms with Crippen molar-refractivity contribution < 1.29 is 13.2 Å². The normalized spacial score (nSPS) is 30.4. The minimum Gasteiger partial charge on any atom is -0.379 e. The monoisotopic (exact) mass is 276 g/mol. The molecule has 0 spiro atoms. The molecule has 0 aromatic heterocycles. The topological polar surface area (TPSA) is 58.6 Å². The van der Waals surface area contributed by atoms with Gasteiger partial charge in [0.1, 0.15) is 0 Å². The summed E-state index contributed by atoms with van der Waals surface area (Å²) in [5, 5.41) is 3.46. The molecule has 0 aromatic rings. The van der Waals surface area contributed by atoms with E-state index in [0.29, 0.717) is 23.5 Å². The number of ether oxygens (including phenoxy) is 1. The summed E-state index contributed by atoms with van der Waals surface area (Å²) in [6.45, 7) is 7.67. The second-order valence-corrected chi connectivity index (χ2v) is 7.72. The summed E-state index contributed by atoms with van der Waals surface area (Å²) in [5.74, 6) is 1.05. The molecule has 1 N–H and O–H groups in total. The van der Waals surface area contributed by atoms with Crippen molar-refractivity contribution in [2.45, 2.75) is 19.4 Å². The van der Waals surface area contributed by atoms with E-state index in [-0.39, 0.29) is 0 Å². The van der Waals surface area contributed by atoms with E-state index >= 15 is 0 Å². The molecule has 18 heavy (non-hydrogen) atoms. The summed E-state index contributed by atoms with van der Waals surface area (Å²) in [5.41, 5.74) is 0. The summed E-state index contributed by atoms with van der Waals surface area (Å²) in [6.07, 6.45) is 0.819. The van der Waals surface area contributed by atoms with Gasteiger partial charge in [0, 0.05) is 25.7 Å². The number of hydrogen-bond acceptors (Lipinski definition) is 5. The van der Waals surface area contributed by atoms with Gasteiger partial charge in [0.2, 0.25) is 0 Å². The Morgan fingerprint density at radius 1 is 1.39 bits per heavy atom. The number of hydrogen-bond donors (Lipinski definition) is 1. The lowest BCUT2D eigenvalue weighted by Gasteiger charge is -2.29. The van der Waals surface area contributed by atoms with Crippen molar-refractivity contribution in [3.63, 3.8) is 0 Å². The van der Waals surface area contributed by atoms with Gasteiger partial charge in [-0.1, -0.05) is 0 Å². The Balaban J connectivity index is 1.64. The molecule has 0 radical (unpaired) electrons. The second kappa shape index (κ2) is 6.32. The lowest BCUT2D eigenvalue weighted by Crippen LogP contribution is -2.45. The third-order valence-electron chi connectivity index (χ3n) is 3.72. The van der Waals surface area contributed by atoms with Crippen LogP contribution in [0.3, 0.4) is 0 Å². The fourth-order valence-corrected chi connectivity index (χ4v) is 4.50. The zero-order chi connectivity index (χ0) is 13.0. The third kappa shape index (κ3) is 4.50. The van der Waals surface area contributed by atoms with Gasteiger partial charge in [0.25, 0.3) is 0 Å². The van der Waals surface area contributed by atoms with Gasteiger partial charge in [-0.05, 0) is 25.8 Å². The lowest BCUT2D eigenvalue weighted by molar-refractivity contribution is 0.0343. The first-order valence-electron chi connectivity index (χ1n) is 6.79. The van der Waals surface area contributed by atoms with Crippen LogP contribution in [0.25, 0.3) is 0 Å². The fourth-order valence-electron chi connectivity index (χ4n) is 2.64. The van der Waals surface area contributed by atoms with Crippen LogP contribution in [0.2, 0.25) is 0 Å². The van der Waals surface area contributed by atoms with Gasteiger partial charge in [0.05, 0.1) is 24.7 Å². The molecular weight excluding hydrogens is 252 g/mol. The van der Waals surface area contributed by atoms with Crippen LogP contribution in [-0.2, 0) is 14.6 Å². The molecule has 0 amide bonds. The quantitative estimate of drug-likeness (QED) is 0.749. The highest BCUT2D eigenvalue weighted by molar-refractivity contribution is 7.91. The highest BCUT2D eigenvalue weighted by Crippen LogP contribution is 2.17. The van der Waals surface area contributed by atoms with Crippen molar-refractivity contribution in [2.75, 3.05) is 50.9 Å². The molecule has 2 saturated heterocycles. The molecule has 2 aliphatic heterocycles. The van der Waals surface area contributed by atoms with Crippen LogP contribution >= 0.6 is 0 Å². The molecule has 0 aromatic carbocycles. The highest BCUT2D eigenvalue weighted by atomic mass is 32.2. The van der Waals surface area contributed by atoms with E-state index in [0.717, 1.165) is 45.8 Å². The van der Waals surface area contributed by atoms with Crippen LogP contribution in [-0.4, -0.2) is 70.3 Å². The van der Waals surface area contributed by atoms with Gasteiger partial charge in [0.15, 0.2) is 9.84 Å². The van der Waals surface area contributed by atoms with Crippen molar-refractivity contribution in [3.8, 4) is 0 Å². The van der Waals surface area contributed by atoms with Crippen LogP contribution in [0.1, 0.15) is 13.3 Å². The van der Waals surface area contributed by atoms with Crippen LogP contribution in [0.4, 0.5) is 0 Å². The van der Waals surface area contributed by atoms with Crippen LogP contribution in [0.5, 0.6) is 0 Å². The van der Waals surface area contributed by atoms with E-state index in [2.05, 4.69) is 17.1 Å². The van der Waals surface area contributed by atoms with Gasteiger partial charge in [-0.25, -0.2) is 8.42 Å². The number of nitrogens with one attached hydrogen (secondary N) is 1. The molecular formula is C12H24N2O3S. The Bertz CT molecular complexity index is 352. The van der Waals surface area contributed by atoms with Crippen molar-refractivity contribution in [1.29, 1.82) is 0 Å². The van der Waals surface area contributed by atoms with Crippen LogP contribution < -0.4 is 5.32 Å². The van der Waals surface area contributed by atoms with Gasteiger partial charge >= 0.3 is 0 Å². The smallest absolute Gasteiger partial charge is 0.150 e. The predicted molar refractivity (Wildman–Crippen MR) is 71.5 cm³/mol. The standard InChI is InChI=1S/C12H24N2O3S/c1-11(9-14-3-5-17-6-4-14)13-8-12-2-7-18(15,16)10-12/h11-13H,2-10H2,1H3. The zero-order valence-electron chi connectivity index (χ0n) is 11.1. The molecule has 2 fully saturated rings. The lowest BCUT2D eigenvalue weighted by atomic mass is 10.1. The van der Waals surface area contributed by atoms with E-state index in [1.54, 1.807) is 0 Å². The summed E-state index contributed by atoms with van der Waals surface area (Å²) in [4.78, 5) is 2.40. The maximum Gasteiger partial charge on any atom is 0.150 e. The summed E-state index contributed by atoms with van der Waals surface area (Å²) >= 11 is 0. The van der Waals surface area contributed by atoms with Crippen molar-refractivity contribution in [1.82, 2.24) is 10.2 Å². The van der Waals surface area contributed by atoms with Crippen molar-refractivity contribution in [3.05, 3.63) is 0 Å². The summed E-state index contributed by atoms with van der Waals surface area (Å²) in [7, 11) is -2.74. The predicted octanol–water partition coefficient (Wildman–Crippen LogP) is -0.269. The summed E-state index contributed by atoms with van der Waals surface area (Å²) < 4.78 is 28.0. The zero-order valence-corrected chi connectivity index (χ0v) is 11.9. The molecule has 0 saturated carbocycles. The van der Waals surface area contributed by atoms with Crippen LogP contribution in [0.15, 0.2) is 0 Å². The van der Waals surface area contributed by atoms with E-state index in [4.69, 9.17) is 4.74 Å². The molecule has 106 valence electrons. The first-order valence-corrected chi connectivity index (χ1v) is 8.61. The molecule has 0 bridgehead atoms. The largest absolute Gasteiger partial charge is 0.379 e. The SMILES string of the molecule is CC(CN1CCOCC1)NCC1CCS(=O)(=O)C1. The molecule has 2 heterocycles. The second-order valence-electron chi connectivity index (χ2n) is 5.49. The Kier molecular flexibility index (Phi) is 5.00. The summed E-state index contributed by atoms with van der Waals surface area (Å²) in [6, 6.07) is 0.409. The number of rotatable bonds is 5. The first kappa shape index (κ1) is 14.2. The van der Waals surface area contributed by atoms with E-state index in [1.807, 2.05) is 0 Å². The number of sulfone groups is 1. The van der Waals surface area contributed by atoms with E-state index in [1.165, 1.54) is 0 Å². The molecule has 2 aliphatic rings. The number of nitrogens with zero attached hydrogens (tertiary/aromatic N) is 1. The maximum atomic E-state index is 11.4. The Morgan fingerprint density at radius 2 is 2.11 bits per heavy atom. The van der Waals surface area contributed by atoms with E-state index < -0.39 is 9.84 Å².